The molecule has 0 saturated heterocycles. The summed E-state index contributed by atoms with van der Waals surface area (Å²) in [4.78, 5) is 5.61. The molecule has 32 heavy (non-hydrogen) atoms. The van der Waals surface area contributed by atoms with Crippen molar-refractivity contribution < 1.29 is 9.13 Å². The Kier molecular flexibility index (Phi) is 4.50. The van der Waals surface area contributed by atoms with Crippen molar-refractivity contribution in [2.45, 2.75) is 17.0 Å². The second-order valence-electron chi connectivity index (χ2n) is 7.70. The molecule has 0 fully saturated rings. The molecule has 2 aliphatic heterocycles. The zero-order chi connectivity index (χ0) is 21.7. The number of hydrogen-bond donors (Lipinski definition) is 1. The van der Waals surface area contributed by atoms with Gasteiger partial charge in [-0.05, 0) is 53.8 Å². The summed E-state index contributed by atoms with van der Waals surface area (Å²) in [6.45, 7) is 0. The molecule has 4 aromatic rings. The summed E-state index contributed by atoms with van der Waals surface area (Å²) >= 11 is 1.70. The lowest BCUT2D eigenvalue weighted by atomic mass is 9.84. The van der Waals surface area contributed by atoms with Gasteiger partial charge in [0.15, 0.2) is 0 Å². The van der Waals surface area contributed by atoms with Gasteiger partial charge < -0.3 is 10.1 Å². The van der Waals surface area contributed by atoms with Gasteiger partial charge in [-0.2, -0.15) is 10.1 Å². The van der Waals surface area contributed by atoms with E-state index >= 15 is 0 Å². The zero-order valence-electron chi connectivity index (χ0n) is 17.2. The molecule has 5 nitrogen and oxygen atoms in total. The lowest BCUT2D eigenvalue weighted by molar-refractivity contribution is 0.223. The zero-order valence-corrected chi connectivity index (χ0v) is 18.0. The summed E-state index contributed by atoms with van der Waals surface area (Å²) in [5.74, 6) is 1.18. The van der Waals surface area contributed by atoms with Crippen LogP contribution in [0.4, 0.5) is 10.3 Å². The smallest absolute Gasteiger partial charge is 0.226 e. The van der Waals surface area contributed by atoms with Gasteiger partial charge in [-0.3, -0.25) is 0 Å². The first-order valence-corrected chi connectivity index (χ1v) is 11.5. The molecule has 0 aliphatic carbocycles. The van der Waals surface area contributed by atoms with Gasteiger partial charge in [-0.1, -0.05) is 36.4 Å². The van der Waals surface area contributed by atoms with Gasteiger partial charge in [0.05, 0.1) is 5.70 Å². The number of fused-ring (bicyclic) bond motifs is 3. The first-order valence-electron chi connectivity index (χ1n) is 10.3. The third kappa shape index (κ3) is 3.00. The van der Waals surface area contributed by atoms with E-state index in [1.807, 2.05) is 28.9 Å². The van der Waals surface area contributed by atoms with Crippen LogP contribution in [-0.4, -0.2) is 21.0 Å². The van der Waals surface area contributed by atoms with Crippen molar-refractivity contribution in [1.82, 2.24) is 14.8 Å². The third-order valence-corrected chi connectivity index (χ3v) is 6.67. The second-order valence-corrected chi connectivity index (χ2v) is 8.58. The molecule has 2 aliphatic rings. The molecule has 0 radical (unpaired) electrons. The highest BCUT2D eigenvalue weighted by atomic mass is 32.2. The second kappa shape index (κ2) is 7.53. The summed E-state index contributed by atoms with van der Waals surface area (Å²) in [6.07, 6.45) is 3.26. The van der Waals surface area contributed by atoms with Crippen LogP contribution >= 0.6 is 11.8 Å². The molecule has 2 atom stereocenters. The van der Waals surface area contributed by atoms with Crippen LogP contribution in [0, 0.1) is 5.82 Å². The molecule has 1 N–H and O–H groups in total. The van der Waals surface area contributed by atoms with Crippen LogP contribution in [-0.2, 0) is 0 Å². The number of aromatic nitrogens is 3. The average molecular weight is 443 g/mol. The molecule has 0 amide bonds. The van der Waals surface area contributed by atoms with Gasteiger partial charge in [0.25, 0.3) is 0 Å². The molecular weight excluding hydrogens is 423 g/mol. The first-order chi connectivity index (χ1) is 15.7. The van der Waals surface area contributed by atoms with E-state index in [4.69, 9.17) is 4.74 Å². The number of anilines is 1. The minimum Gasteiger partial charge on any atom is -0.480 e. The largest absolute Gasteiger partial charge is 0.480 e. The van der Waals surface area contributed by atoms with Gasteiger partial charge in [-0.25, -0.2) is 9.07 Å². The van der Waals surface area contributed by atoms with Crippen molar-refractivity contribution in [2.75, 3.05) is 11.6 Å². The van der Waals surface area contributed by atoms with Crippen molar-refractivity contribution in [3.8, 4) is 5.75 Å². The van der Waals surface area contributed by atoms with Crippen molar-refractivity contribution in [3.05, 3.63) is 107 Å². The Bertz CT molecular complexity index is 1330. The van der Waals surface area contributed by atoms with Crippen LogP contribution < -0.4 is 10.1 Å². The highest BCUT2D eigenvalue weighted by Gasteiger charge is 2.40. The molecule has 3 aromatic carbocycles. The van der Waals surface area contributed by atoms with Crippen LogP contribution in [0.15, 0.2) is 89.6 Å². The summed E-state index contributed by atoms with van der Waals surface area (Å²) in [7, 11) is 0. The van der Waals surface area contributed by atoms with Crippen LogP contribution in [0.1, 0.15) is 28.8 Å². The standard InChI is InChI=1S/C25H19FN4OS/c1-32-18-12-8-16(9-13-18)24-21-22(19-4-2-3-5-20(19)31-24)29-25-27-14-28-30(25)23(21)15-6-10-17(26)11-7-15/h2-14,23-24H,1H3,(H,27,28,29)/t23-,24-/m1/s1. The number of nitrogens with zero attached hydrogens (tertiary/aromatic N) is 3. The predicted octanol–water partition coefficient (Wildman–Crippen LogP) is 5.70. The average Bonchev–Trinajstić information content (AvgIpc) is 3.31. The molecule has 0 unspecified atom stereocenters. The van der Waals surface area contributed by atoms with Crippen molar-refractivity contribution in [1.29, 1.82) is 0 Å². The van der Waals surface area contributed by atoms with Gasteiger partial charge >= 0.3 is 0 Å². The maximum atomic E-state index is 13.7. The molecule has 6 rings (SSSR count). The third-order valence-electron chi connectivity index (χ3n) is 5.93. The van der Waals surface area contributed by atoms with Crippen LogP contribution in [0.2, 0.25) is 0 Å². The molecule has 0 spiro atoms. The monoisotopic (exact) mass is 442 g/mol. The van der Waals surface area contributed by atoms with Crippen LogP contribution in [0.25, 0.3) is 5.70 Å². The maximum absolute atomic E-state index is 13.7. The van der Waals surface area contributed by atoms with Crippen molar-refractivity contribution >= 4 is 23.4 Å². The van der Waals surface area contributed by atoms with Crippen LogP contribution in [0.5, 0.6) is 5.75 Å². The Morgan fingerprint density at radius 2 is 1.72 bits per heavy atom. The van der Waals surface area contributed by atoms with E-state index in [0.717, 1.165) is 33.7 Å². The lowest BCUT2D eigenvalue weighted by Gasteiger charge is -2.39. The molecular formula is C25H19FN4OS. The lowest BCUT2D eigenvalue weighted by Crippen LogP contribution is -2.32. The number of ether oxygens (including phenoxy) is 1. The van der Waals surface area contributed by atoms with E-state index in [1.54, 1.807) is 23.9 Å². The number of benzene rings is 3. The number of rotatable bonds is 3. The number of nitrogens with one attached hydrogen (secondary N) is 1. The fourth-order valence-corrected chi connectivity index (χ4v) is 4.85. The highest BCUT2D eigenvalue weighted by molar-refractivity contribution is 7.98. The highest BCUT2D eigenvalue weighted by Crippen LogP contribution is 2.50. The van der Waals surface area contributed by atoms with E-state index in [0.29, 0.717) is 5.95 Å². The molecule has 1 aromatic heterocycles. The SMILES string of the molecule is CSc1ccc([C@H]2Oc3ccccc3C3=C2[C@@H](c2ccc(F)cc2)n2ncnc2N3)cc1. The number of halogens is 1. The Hall–Kier alpha value is -3.58. The van der Waals surface area contributed by atoms with E-state index < -0.39 is 0 Å². The normalized spacial score (nSPS) is 18.8. The maximum Gasteiger partial charge on any atom is 0.226 e. The fourth-order valence-electron chi connectivity index (χ4n) is 4.44. The van der Waals surface area contributed by atoms with Crippen LogP contribution in [0.3, 0.4) is 0 Å². The van der Waals surface area contributed by atoms with Gasteiger partial charge in [0, 0.05) is 16.0 Å². The van der Waals surface area contributed by atoms with Gasteiger partial charge in [0.1, 0.15) is 30.0 Å². The summed E-state index contributed by atoms with van der Waals surface area (Å²) in [6, 6.07) is 22.7. The topological polar surface area (TPSA) is 52.0 Å². The molecule has 3 heterocycles. The van der Waals surface area contributed by atoms with Gasteiger partial charge in [0.2, 0.25) is 5.95 Å². The molecule has 0 saturated carbocycles. The number of para-hydroxylation sites is 1. The Balaban J connectivity index is 1.60. The summed E-state index contributed by atoms with van der Waals surface area (Å²) in [5.41, 5.74) is 4.91. The Labute approximate surface area is 189 Å². The minimum atomic E-state index is -0.337. The van der Waals surface area contributed by atoms with E-state index in [9.17, 15) is 4.39 Å². The van der Waals surface area contributed by atoms with Gasteiger partial charge in [-0.15, -0.1) is 11.8 Å². The van der Waals surface area contributed by atoms with Crippen molar-refractivity contribution in [3.63, 3.8) is 0 Å². The number of hydrogen-bond acceptors (Lipinski definition) is 5. The molecule has 0 bridgehead atoms. The van der Waals surface area contributed by atoms with E-state index in [-0.39, 0.29) is 18.0 Å². The van der Waals surface area contributed by atoms with E-state index in [1.165, 1.54) is 23.4 Å². The predicted molar refractivity (Wildman–Crippen MR) is 123 cm³/mol. The quantitative estimate of drug-likeness (QED) is 0.413. The fraction of sp³-hybridized carbons (Fsp3) is 0.120. The van der Waals surface area contributed by atoms with Crippen molar-refractivity contribution in [2.24, 2.45) is 0 Å². The minimum absolute atomic E-state index is 0.273. The Morgan fingerprint density at radius 3 is 2.50 bits per heavy atom. The summed E-state index contributed by atoms with van der Waals surface area (Å²) < 4.78 is 22.2. The Morgan fingerprint density at radius 1 is 0.969 bits per heavy atom. The molecule has 7 heteroatoms. The number of thioether (sulfide) groups is 1. The first kappa shape index (κ1) is 19.1. The van der Waals surface area contributed by atoms with E-state index in [2.05, 4.69) is 45.9 Å². The summed E-state index contributed by atoms with van der Waals surface area (Å²) in [5, 5.41) is 7.98. The molecule has 158 valence electrons.